The second-order valence-electron chi connectivity index (χ2n) is 13.7. The molecule has 0 saturated heterocycles. The van der Waals surface area contributed by atoms with E-state index in [2.05, 4.69) is 29.3 Å². The van der Waals surface area contributed by atoms with E-state index in [1.807, 2.05) is 0 Å². The van der Waals surface area contributed by atoms with Crippen molar-refractivity contribution in [2.24, 2.45) is 0 Å². The number of carbonyl (C=O) groups is 4. The fraction of sp³-hybridized carbons (Fsp3) is 0.897. The first-order chi connectivity index (χ1) is 23.4. The second-order valence-corrected chi connectivity index (χ2v) is 14.9. The number of hydrogen-bond donors (Lipinski definition) is 2. The normalized spacial score (nSPS) is 11.5. The first-order valence-corrected chi connectivity index (χ1v) is 21.1. The summed E-state index contributed by atoms with van der Waals surface area (Å²) in [5.41, 5.74) is 0. The van der Waals surface area contributed by atoms with E-state index in [-0.39, 0.29) is 48.3 Å². The van der Waals surface area contributed by atoms with E-state index in [1.165, 1.54) is 114 Å². The van der Waals surface area contributed by atoms with Crippen molar-refractivity contribution in [1.82, 2.24) is 10.6 Å². The third-order valence-corrected chi connectivity index (χ3v) is 10.1. The van der Waals surface area contributed by atoms with Crippen molar-refractivity contribution in [3.05, 3.63) is 0 Å². The van der Waals surface area contributed by atoms with Gasteiger partial charge in [-0.05, 0) is 56.5 Å². The van der Waals surface area contributed by atoms with E-state index in [0.29, 0.717) is 12.8 Å². The molecule has 49 heavy (non-hydrogen) atoms. The number of aliphatic carboxylic acids is 2. The van der Waals surface area contributed by atoms with Crippen molar-refractivity contribution in [2.75, 3.05) is 18.1 Å². The number of thioether (sulfide) groups is 1. The zero-order valence-corrected chi connectivity index (χ0v) is 34.6. The Labute approximate surface area is 326 Å². The summed E-state index contributed by atoms with van der Waals surface area (Å²) in [6.45, 7) is 3.03. The van der Waals surface area contributed by atoms with Crippen LogP contribution in [0.2, 0.25) is 0 Å². The maximum atomic E-state index is 12.1. The van der Waals surface area contributed by atoms with Crippen molar-refractivity contribution in [1.29, 1.82) is 0 Å². The van der Waals surface area contributed by atoms with Gasteiger partial charge in [0, 0.05) is 25.4 Å². The number of carbonyl (C=O) groups excluding carboxylic acids is 4. The summed E-state index contributed by atoms with van der Waals surface area (Å²) in [6, 6.07) is -1.30. The first-order valence-electron chi connectivity index (χ1n) is 19.9. The van der Waals surface area contributed by atoms with Gasteiger partial charge in [0.25, 0.3) is 0 Å². The summed E-state index contributed by atoms with van der Waals surface area (Å²) >= 11 is 2.15. The standard InChI is InChI=1S/C39H74N2O6S.Na/c1-2-3-4-5-6-7-11-16-21-26-33-48-34-27-22-17-12-9-13-18-23-28-36(42)40-32-25-20-15-10-8-14-19-24-29-37(43)41-35(39(46)47)30-31-38(44)45;/h35H,2-34H2,1H3,(H,40,42)(H,41,43)(H,44,45)(H,46,47);/q;+1/p-2. The Hall–Kier alpha value is -0.770. The molecular formula is C39H72N2NaO6S-. The number of amides is 2. The van der Waals surface area contributed by atoms with Gasteiger partial charge in [0.2, 0.25) is 11.8 Å². The molecule has 2 N–H and O–H groups in total. The molecule has 0 radical (unpaired) electrons. The van der Waals surface area contributed by atoms with Gasteiger partial charge in [0.15, 0.2) is 0 Å². The van der Waals surface area contributed by atoms with Crippen LogP contribution in [0.25, 0.3) is 0 Å². The van der Waals surface area contributed by atoms with Crippen LogP contribution in [-0.4, -0.2) is 47.8 Å². The van der Waals surface area contributed by atoms with E-state index in [1.54, 1.807) is 0 Å². The Bertz CT molecular complexity index is 789. The maximum Gasteiger partial charge on any atom is 1.00 e. The molecule has 0 aliphatic rings. The van der Waals surface area contributed by atoms with Crippen LogP contribution < -0.4 is 50.4 Å². The molecule has 2 amide bonds. The molecule has 0 aliphatic heterocycles. The monoisotopic (exact) mass is 720 g/mol. The summed E-state index contributed by atoms with van der Waals surface area (Å²) in [5, 5.41) is 26.9. The zero-order chi connectivity index (χ0) is 35.3. The van der Waals surface area contributed by atoms with Gasteiger partial charge in [0.1, 0.15) is 0 Å². The SMILES string of the molecule is CCCCCCCCCCCCSCCCCCCCCCCC(=O)NCCCCCCCCCCC(=O)NC(CCC(=O)[O-])C(=O)[O-].[Na+]. The third kappa shape index (κ3) is 39.9. The third-order valence-electron chi connectivity index (χ3n) is 8.99. The predicted octanol–water partition coefficient (Wildman–Crippen LogP) is 4.55. The molecule has 8 nitrogen and oxygen atoms in total. The maximum absolute atomic E-state index is 12.1. The number of rotatable bonds is 38. The van der Waals surface area contributed by atoms with Crippen LogP contribution >= 0.6 is 11.8 Å². The topological polar surface area (TPSA) is 138 Å². The van der Waals surface area contributed by atoms with E-state index >= 15 is 0 Å². The van der Waals surface area contributed by atoms with Crippen LogP contribution in [0.5, 0.6) is 0 Å². The van der Waals surface area contributed by atoms with E-state index < -0.39 is 30.3 Å². The zero-order valence-electron chi connectivity index (χ0n) is 31.8. The molecule has 0 aliphatic carbocycles. The van der Waals surface area contributed by atoms with Gasteiger partial charge in [-0.3, -0.25) is 9.59 Å². The molecule has 282 valence electrons. The average Bonchev–Trinajstić information content (AvgIpc) is 3.06. The molecule has 0 aromatic carbocycles. The van der Waals surface area contributed by atoms with Crippen LogP contribution in [0.3, 0.4) is 0 Å². The number of hydrogen-bond acceptors (Lipinski definition) is 7. The molecule has 0 saturated carbocycles. The fourth-order valence-corrected chi connectivity index (χ4v) is 6.93. The summed E-state index contributed by atoms with van der Waals surface area (Å²) in [4.78, 5) is 45.5. The molecule has 0 aromatic heterocycles. The molecule has 0 spiro atoms. The van der Waals surface area contributed by atoms with Crippen LogP contribution in [-0.2, 0) is 19.2 Å². The fourth-order valence-electron chi connectivity index (χ4n) is 5.91. The largest absolute Gasteiger partial charge is 1.00 e. The number of carboxylic acids is 2. The van der Waals surface area contributed by atoms with Gasteiger partial charge in [-0.25, -0.2) is 0 Å². The Morgan fingerprint density at radius 3 is 1.33 bits per heavy atom. The Kier molecular flexibility index (Phi) is 41.1. The van der Waals surface area contributed by atoms with Crippen LogP contribution in [0, 0.1) is 0 Å². The van der Waals surface area contributed by atoms with Crippen molar-refractivity contribution in [3.63, 3.8) is 0 Å². The molecule has 0 rings (SSSR count). The van der Waals surface area contributed by atoms with Crippen molar-refractivity contribution < 1.29 is 58.9 Å². The summed E-state index contributed by atoms with van der Waals surface area (Å²) in [5.74, 6) is -0.383. The minimum atomic E-state index is -1.48. The molecule has 0 bridgehead atoms. The van der Waals surface area contributed by atoms with Gasteiger partial charge in [0.05, 0.1) is 12.0 Å². The molecule has 1 atom stereocenters. The molecule has 0 heterocycles. The first kappa shape index (κ1) is 50.3. The molecule has 0 fully saturated rings. The molecular weight excluding hydrogens is 647 g/mol. The quantitative estimate of drug-likeness (QED) is 0.0706. The van der Waals surface area contributed by atoms with Gasteiger partial charge in [-0.15, -0.1) is 0 Å². The smallest absolute Gasteiger partial charge is 0.550 e. The van der Waals surface area contributed by atoms with E-state index in [4.69, 9.17) is 0 Å². The number of nitrogens with one attached hydrogen (secondary N) is 2. The number of unbranched alkanes of at least 4 members (excludes halogenated alkanes) is 23. The van der Waals surface area contributed by atoms with Gasteiger partial charge < -0.3 is 30.4 Å². The summed E-state index contributed by atoms with van der Waals surface area (Å²) in [7, 11) is 0. The van der Waals surface area contributed by atoms with Gasteiger partial charge >= 0.3 is 29.6 Å². The Morgan fingerprint density at radius 1 is 0.510 bits per heavy atom. The van der Waals surface area contributed by atoms with Crippen LogP contribution in [0.4, 0.5) is 0 Å². The minimum Gasteiger partial charge on any atom is -0.550 e. The molecule has 0 aromatic rings. The molecule has 1 unspecified atom stereocenters. The van der Waals surface area contributed by atoms with Crippen LogP contribution in [0.15, 0.2) is 0 Å². The summed E-state index contributed by atoms with van der Waals surface area (Å²) < 4.78 is 0. The van der Waals surface area contributed by atoms with Gasteiger partial charge in [-0.2, -0.15) is 11.8 Å². The van der Waals surface area contributed by atoms with Crippen molar-refractivity contribution in [2.45, 2.75) is 206 Å². The van der Waals surface area contributed by atoms with E-state index in [9.17, 15) is 29.4 Å². The minimum absolute atomic E-state index is 0. The number of carboxylic acid groups (broad SMARTS) is 2. The van der Waals surface area contributed by atoms with Crippen molar-refractivity contribution >= 4 is 35.5 Å². The van der Waals surface area contributed by atoms with Crippen molar-refractivity contribution in [3.8, 4) is 0 Å². The average molecular weight is 720 g/mol. The second kappa shape index (κ2) is 40.0. The molecule has 10 heteroatoms. The Morgan fingerprint density at radius 2 is 0.898 bits per heavy atom. The Balaban J connectivity index is 0. The van der Waals surface area contributed by atoms with E-state index in [0.717, 1.165) is 64.3 Å². The summed E-state index contributed by atoms with van der Waals surface area (Å²) in [6.07, 6.45) is 32.4. The predicted molar refractivity (Wildman–Crippen MR) is 196 cm³/mol. The van der Waals surface area contributed by atoms with Gasteiger partial charge in [-0.1, -0.05) is 142 Å². The van der Waals surface area contributed by atoms with Crippen LogP contribution in [0.1, 0.15) is 200 Å².